The fourth-order valence-corrected chi connectivity index (χ4v) is 1.59. The SMILES string of the molecule is C=C1C=CN(c2cc(F)c(N)cc2F)CC1. The van der Waals surface area contributed by atoms with E-state index in [-0.39, 0.29) is 11.4 Å². The topological polar surface area (TPSA) is 29.3 Å². The van der Waals surface area contributed by atoms with Gasteiger partial charge in [0.15, 0.2) is 0 Å². The van der Waals surface area contributed by atoms with Gasteiger partial charge in [-0.1, -0.05) is 12.2 Å². The molecule has 0 saturated carbocycles. The molecule has 0 unspecified atom stereocenters. The van der Waals surface area contributed by atoms with E-state index in [1.54, 1.807) is 17.2 Å². The lowest BCUT2D eigenvalue weighted by Crippen LogP contribution is -2.22. The van der Waals surface area contributed by atoms with Gasteiger partial charge in [0.25, 0.3) is 0 Å². The molecule has 0 aromatic heterocycles. The minimum atomic E-state index is -0.603. The van der Waals surface area contributed by atoms with Gasteiger partial charge in [0.2, 0.25) is 0 Å². The second kappa shape index (κ2) is 3.96. The van der Waals surface area contributed by atoms with Crippen LogP contribution in [0, 0.1) is 11.6 Å². The molecule has 0 aliphatic carbocycles. The molecule has 0 saturated heterocycles. The first-order chi connectivity index (χ1) is 7.58. The second-order valence-electron chi connectivity index (χ2n) is 3.74. The number of benzene rings is 1. The smallest absolute Gasteiger partial charge is 0.149 e. The van der Waals surface area contributed by atoms with Crippen LogP contribution in [0.2, 0.25) is 0 Å². The van der Waals surface area contributed by atoms with Crippen molar-refractivity contribution in [2.75, 3.05) is 17.2 Å². The van der Waals surface area contributed by atoms with Crippen LogP contribution in [0.1, 0.15) is 6.42 Å². The summed E-state index contributed by atoms with van der Waals surface area (Å²) in [5, 5.41) is 0. The molecule has 2 N–H and O–H groups in total. The average Bonchev–Trinajstić information content (AvgIpc) is 2.25. The molecule has 0 atom stereocenters. The lowest BCUT2D eigenvalue weighted by molar-refractivity contribution is 0.601. The Labute approximate surface area is 92.7 Å². The van der Waals surface area contributed by atoms with Gasteiger partial charge in [0.05, 0.1) is 11.4 Å². The summed E-state index contributed by atoms with van der Waals surface area (Å²) in [6.07, 6.45) is 4.22. The highest BCUT2D eigenvalue weighted by atomic mass is 19.1. The minimum Gasteiger partial charge on any atom is -0.396 e. The summed E-state index contributed by atoms with van der Waals surface area (Å²) < 4.78 is 26.8. The molecule has 1 aliphatic heterocycles. The minimum absolute atomic E-state index is 0.174. The number of nitrogens with two attached hydrogens (primary N) is 1. The summed E-state index contributed by atoms with van der Waals surface area (Å²) >= 11 is 0. The van der Waals surface area contributed by atoms with Crippen LogP contribution in [-0.4, -0.2) is 6.54 Å². The summed E-state index contributed by atoms with van der Waals surface area (Å²) in [7, 11) is 0. The maximum Gasteiger partial charge on any atom is 0.149 e. The molecule has 0 fully saturated rings. The van der Waals surface area contributed by atoms with Crippen LogP contribution in [-0.2, 0) is 0 Å². The molecule has 16 heavy (non-hydrogen) atoms. The summed E-state index contributed by atoms with van der Waals surface area (Å²) in [5.41, 5.74) is 6.28. The van der Waals surface area contributed by atoms with E-state index >= 15 is 0 Å². The van der Waals surface area contributed by atoms with Gasteiger partial charge in [-0.25, -0.2) is 8.78 Å². The Kier molecular flexibility index (Phi) is 2.64. The number of rotatable bonds is 1. The third kappa shape index (κ3) is 1.91. The molecular formula is C12H12F2N2. The third-order valence-corrected chi connectivity index (χ3v) is 2.54. The molecule has 2 nitrogen and oxygen atoms in total. The van der Waals surface area contributed by atoms with Crippen molar-refractivity contribution < 1.29 is 8.78 Å². The van der Waals surface area contributed by atoms with Crippen LogP contribution in [0.4, 0.5) is 20.2 Å². The number of nitrogen functional groups attached to an aromatic ring is 1. The van der Waals surface area contributed by atoms with E-state index in [1.165, 1.54) is 0 Å². The molecule has 84 valence electrons. The van der Waals surface area contributed by atoms with Crippen molar-refractivity contribution in [3.8, 4) is 0 Å². The van der Waals surface area contributed by atoms with Crippen LogP contribution in [0.5, 0.6) is 0 Å². The highest BCUT2D eigenvalue weighted by Crippen LogP contribution is 2.27. The maximum absolute atomic E-state index is 13.6. The molecule has 1 aromatic rings. The number of hydrogen-bond acceptors (Lipinski definition) is 2. The highest BCUT2D eigenvalue weighted by Gasteiger charge is 2.15. The van der Waals surface area contributed by atoms with Crippen LogP contribution in [0.3, 0.4) is 0 Å². The van der Waals surface area contributed by atoms with E-state index in [0.717, 1.165) is 24.1 Å². The van der Waals surface area contributed by atoms with E-state index in [4.69, 9.17) is 5.73 Å². The van der Waals surface area contributed by atoms with Gasteiger partial charge >= 0.3 is 0 Å². The lowest BCUT2D eigenvalue weighted by Gasteiger charge is -2.25. The first-order valence-electron chi connectivity index (χ1n) is 4.95. The Balaban J connectivity index is 2.37. The predicted octanol–water partition coefficient (Wildman–Crippen LogP) is 2.83. The van der Waals surface area contributed by atoms with Gasteiger partial charge < -0.3 is 10.6 Å². The monoisotopic (exact) mass is 222 g/mol. The average molecular weight is 222 g/mol. The Morgan fingerprint density at radius 2 is 2.00 bits per heavy atom. The van der Waals surface area contributed by atoms with Gasteiger partial charge in [-0.15, -0.1) is 0 Å². The third-order valence-electron chi connectivity index (χ3n) is 2.54. The molecule has 0 amide bonds. The molecule has 0 spiro atoms. The number of hydrogen-bond donors (Lipinski definition) is 1. The van der Waals surface area contributed by atoms with Crippen LogP contribution in [0.15, 0.2) is 36.6 Å². The van der Waals surface area contributed by atoms with E-state index in [2.05, 4.69) is 6.58 Å². The van der Waals surface area contributed by atoms with Crippen molar-refractivity contribution in [1.29, 1.82) is 0 Å². The Morgan fingerprint density at radius 3 is 2.62 bits per heavy atom. The van der Waals surface area contributed by atoms with Crippen molar-refractivity contribution >= 4 is 11.4 Å². The number of anilines is 2. The van der Waals surface area contributed by atoms with Gasteiger partial charge in [-0.05, 0) is 12.5 Å². The zero-order chi connectivity index (χ0) is 11.7. The molecule has 2 rings (SSSR count). The van der Waals surface area contributed by atoms with E-state index in [9.17, 15) is 8.78 Å². The van der Waals surface area contributed by atoms with Gasteiger partial charge in [0.1, 0.15) is 11.6 Å². The number of allylic oxidation sites excluding steroid dienone is 1. The summed E-state index contributed by atoms with van der Waals surface area (Å²) in [6.45, 7) is 4.39. The van der Waals surface area contributed by atoms with E-state index in [1.807, 2.05) is 0 Å². The zero-order valence-electron chi connectivity index (χ0n) is 8.71. The summed E-state index contributed by atoms with van der Waals surface area (Å²) in [5.74, 6) is -1.12. The zero-order valence-corrected chi connectivity index (χ0v) is 8.71. The Morgan fingerprint density at radius 1 is 1.25 bits per heavy atom. The van der Waals surface area contributed by atoms with Crippen LogP contribution < -0.4 is 10.6 Å². The fraction of sp³-hybridized carbons (Fsp3) is 0.167. The quantitative estimate of drug-likeness (QED) is 0.740. The maximum atomic E-state index is 13.6. The molecular weight excluding hydrogens is 210 g/mol. The number of nitrogens with zero attached hydrogens (tertiary/aromatic N) is 1. The standard InChI is InChI=1S/C12H12F2N2/c1-8-2-4-16(5-3-8)12-7-9(13)11(15)6-10(12)14/h2,4,6-7H,1,3,5,15H2. The van der Waals surface area contributed by atoms with Crippen LogP contribution in [0.25, 0.3) is 0 Å². The van der Waals surface area contributed by atoms with Crippen molar-refractivity contribution in [2.24, 2.45) is 0 Å². The first-order valence-corrected chi connectivity index (χ1v) is 4.95. The van der Waals surface area contributed by atoms with Gasteiger partial charge in [-0.3, -0.25) is 0 Å². The van der Waals surface area contributed by atoms with Crippen molar-refractivity contribution in [1.82, 2.24) is 0 Å². The Hall–Kier alpha value is -1.84. The largest absolute Gasteiger partial charge is 0.396 e. The second-order valence-corrected chi connectivity index (χ2v) is 3.74. The van der Waals surface area contributed by atoms with Crippen LogP contribution >= 0.6 is 0 Å². The van der Waals surface area contributed by atoms with E-state index < -0.39 is 11.6 Å². The molecule has 1 aromatic carbocycles. The first kappa shape index (κ1) is 10.7. The normalized spacial score (nSPS) is 15.6. The fourth-order valence-electron chi connectivity index (χ4n) is 1.59. The van der Waals surface area contributed by atoms with Crippen molar-refractivity contribution in [3.63, 3.8) is 0 Å². The highest BCUT2D eigenvalue weighted by molar-refractivity contribution is 5.58. The van der Waals surface area contributed by atoms with Gasteiger partial charge in [0, 0.05) is 24.9 Å². The van der Waals surface area contributed by atoms with Crippen molar-refractivity contribution in [2.45, 2.75) is 6.42 Å². The molecule has 1 heterocycles. The van der Waals surface area contributed by atoms with E-state index in [0.29, 0.717) is 6.54 Å². The molecule has 1 aliphatic rings. The number of halogens is 2. The van der Waals surface area contributed by atoms with Crippen molar-refractivity contribution in [3.05, 3.63) is 48.2 Å². The summed E-state index contributed by atoms with van der Waals surface area (Å²) in [6, 6.07) is 2.12. The molecule has 0 bridgehead atoms. The Bertz CT molecular complexity index is 466. The lowest BCUT2D eigenvalue weighted by atomic mass is 10.1. The predicted molar refractivity (Wildman–Crippen MR) is 61.0 cm³/mol. The van der Waals surface area contributed by atoms with Gasteiger partial charge in [-0.2, -0.15) is 0 Å². The summed E-state index contributed by atoms with van der Waals surface area (Å²) in [4.78, 5) is 1.65. The molecule has 0 radical (unpaired) electrons. The molecule has 4 heteroatoms.